The van der Waals surface area contributed by atoms with Crippen molar-refractivity contribution in [2.24, 2.45) is 5.92 Å². The molecule has 3 heteroatoms. The lowest BCUT2D eigenvalue weighted by atomic mass is 9.89. The van der Waals surface area contributed by atoms with Gasteiger partial charge in [-0.25, -0.2) is 4.39 Å². The fourth-order valence-corrected chi connectivity index (χ4v) is 2.99. The molecule has 1 aliphatic carbocycles. The van der Waals surface area contributed by atoms with Crippen LogP contribution in [0, 0.1) is 11.7 Å². The van der Waals surface area contributed by atoms with Crippen LogP contribution in [-0.2, 0) is 6.54 Å². The lowest BCUT2D eigenvalue weighted by Crippen LogP contribution is -2.32. The van der Waals surface area contributed by atoms with Crippen LogP contribution in [0.15, 0.2) is 24.3 Å². The quantitative estimate of drug-likeness (QED) is 0.769. The first-order valence-electron chi connectivity index (χ1n) is 7.88. The van der Waals surface area contributed by atoms with Gasteiger partial charge in [0.1, 0.15) is 5.82 Å². The molecule has 0 unspecified atom stereocenters. The first-order valence-corrected chi connectivity index (χ1v) is 7.88. The minimum atomic E-state index is -0.147. The van der Waals surface area contributed by atoms with Gasteiger partial charge < -0.3 is 10.2 Å². The van der Waals surface area contributed by atoms with Crippen LogP contribution in [0.4, 0.5) is 4.39 Å². The zero-order valence-corrected chi connectivity index (χ0v) is 12.6. The van der Waals surface area contributed by atoms with Crippen LogP contribution in [0.2, 0.25) is 0 Å². The maximum atomic E-state index is 13.1. The molecule has 1 saturated carbocycles. The van der Waals surface area contributed by atoms with E-state index in [1.54, 1.807) is 12.1 Å². The smallest absolute Gasteiger partial charge is 0.123 e. The third kappa shape index (κ3) is 5.59. The summed E-state index contributed by atoms with van der Waals surface area (Å²) in [5, 5.41) is 3.57. The largest absolute Gasteiger partial charge is 0.315 e. The zero-order valence-electron chi connectivity index (χ0n) is 12.6. The molecule has 0 aliphatic heterocycles. The second kappa shape index (κ2) is 8.38. The molecule has 2 nitrogen and oxygen atoms in total. The van der Waals surface area contributed by atoms with E-state index in [4.69, 9.17) is 0 Å². The van der Waals surface area contributed by atoms with Gasteiger partial charge in [0.25, 0.3) is 0 Å². The molecule has 112 valence electrons. The van der Waals surface area contributed by atoms with Gasteiger partial charge in [-0.2, -0.15) is 0 Å². The highest BCUT2D eigenvalue weighted by molar-refractivity contribution is 5.15. The summed E-state index contributed by atoms with van der Waals surface area (Å²) in [6.07, 6.45) is 7.03. The lowest BCUT2D eigenvalue weighted by Gasteiger charge is -2.23. The molecule has 20 heavy (non-hydrogen) atoms. The van der Waals surface area contributed by atoms with Crippen molar-refractivity contribution in [3.8, 4) is 0 Å². The van der Waals surface area contributed by atoms with Crippen LogP contribution in [0.3, 0.4) is 0 Å². The Labute approximate surface area is 122 Å². The first-order chi connectivity index (χ1) is 9.74. The van der Waals surface area contributed by atoms with E-state index in [2.05, 4.69) is 17.3 Å². The number of nitrogens with zero attached hydrogens (tertiary/aromatic N) is 1. The summed E-state index contributed by atoms with van der Waals surface area (Å²) in [7, 11) is 2.09. The molecule has 0 heterocycles. The van der Waals surface area contributed by atoms with E-state index in [0.717, 1.165) is 37.7 Å². The third-order valence-corrected chi connectivity index (χ3v) is 4.17. The summed E-state index contributed by atoms with van der Waals surface area (Å²) in [6.45, 7) is 3.99. The molecule has 0 atom stereocenters. The van der Waals surface area contributed by atoms with E-state index < -0.39 is 0 Å². The predicted molar refractivity (Wildman–Crippen MR) is 82.2 cm³/mol. The van der Waals surface area contributed by atoms with Gasteiger partial charge in [-0.05, 0) is 50.0 Å². The van der Waals surface area contributed by atoms with Crippen LogP contribution in [-0.4, -0.2) is 31.6 Å². The molecule has 1 fully saturated rings. The number of nitrogens with one attached hydrogen (secondary N) is 1. The number of halogens is 1. The molecular weight excluding hydrogens is 251 g/mol. The van der Waals surface area contributed by atoms with Crippen molar-refractivity contribution in [2.75, 3.05) is 26.7 Å². The van der Waals surface area contributed by atoms with E-state index in [1.807, 2.05) is 6.07 Å². The van der Waals surface area contributed by atoms with Crippen molar-refractivity contribution in [3.63, 3.8) is 0 Å². The van der Waals surface area contributed by atoms with Gasteiger partial charge in [-0.3, -0.25) is 0 Å². The van der Waals surface area contributed by atoms with Crippen molar-refractivity contribution >= 4 is 0 Å². The first kappa shape index (κ1) is 15.5. The summed E-state index contributed by atoms with van der Waals surface area (Å²) in [6, 6.07) is 6.87. The molecule has 1 N–H and O–H groups in total. The van der Waals surface area contributed by atoms with Gasteiger partial charge in [0.2, 0.25) is 0 Å². The van der Waals surface area contributed by atoms with Gasteiger partial charge >= 0.3 is 0 Å². The van der Waals surface area contributed by atoms with E-state index in [1.165, 1.54) is 38.2 Å². The van der Waals surface area contributed by atoms with Crippen molar-refractivity contribution in [3.05, 3.63) is 35.6 Å². The van der Waals surface area contributed by atoms with Crippen LogP contribution in [0.1, 0.15) is 37.7 Å². The van der Waals surface area contributed by atoms with E-state index >= 15 is 0 Å². The zero-order chi connectivity index (χ0) is 14.2. The van der Waals surface area contributed by atoms with Crippen molar-refractivity contribution < 1.29 is 4.39 Å². The van der Waals surface area contributed by atoms with Crippen LogP contribution in [0.5, 0.6) is 0 Å². The summed E-state index contributed by atoms with van der Waals surface area (Å²) >= 11 is 0. The highest BCUT2D eigenvalue weighted by Gasteiger charge is 2.12. The van der Waals surface area contributed by atoms with Crippen LogP contribution < -0.4 is 5.32 Å². The Bertz CT molecular complexity index is 388. The molecule has 0 bridgehead atoms. The fourth-order valence-electron chi connectivity index (χ4n) is 2.99. The second-order valence-electron chi connectivity index (χ2n) is 6.08. The fraction of sp³-hybridized carbons (Fsp3) is 0.647. The Morgan fingerprint density at radius 1 is 1.25 bits per heavy atom. The van der Waals surface area contributed by atoms with Gasteiger partial charge in [0, 0.05) is 19.6 Å². The van der Waals surface area contributed by atoms with E-state index in [-0.39, 0.29) is 5.82 Å². The van der Waals surface area contributed by atoms with Gasteiger partial charge in [0.15, 0.2) is 0 Å². The molecule has 0 amide bonds. The normalized spacial score (nSPS) is 16.8. The maximum Gasteiger partial charge on any atom is 0.123 e. The minimum Gasteiger partial charge on any atom is -0.315 e. The van der Waals surface area contributed by atoms with Crippen molar-refractivity contribution in [1.29, 1.82) is 0 Å². The number of hydrogen-bond acceptors (Lipinski definition) is 2. The monoisotopic (exact) mass is 278 g/mol. The Hall–Kier alpha value is -0.930. The average Bonchev–Trinajstić information content (AvgIpc) is 2.45. The second-order valence-corrected chi connectivity index (χ2v) is 6.08. The number of likely N-dealkylation sites (N-methyl/N-ethyl adjacent to an activating group) is 1. The van der Waals surface area contributed by atoms with Crippen LogP contribution in [0.25, 0.3) is 0 Å². The van der Waals surface area contributed by atoms with Crippen molar-refractivity contribution in [2.45, 2.75) is 38.6 Å². The topological polar surface area (TPSA) is 15.3 Å². The molecular formula is C17H27FN2. The van der Waals surface area contributed by atoms with Gasteiger partial charge in [-0.1, -0.05) is 31.4 Å². The summed E-state index contributed by atoms with van der Waals surface area (Å²) in [5.41, 5.74) is 1.04. The summed E-state index contributed by atoms with van der Waals surface area (Å²) < 4.78 is 13.1. The Morgan fingerprint density at radius 3 is 2.80 bits per heavy atom. The number of benzene rings is 1. The van der Waals surface area contributed by atoms with Crippen LogP contribution >= 0.6 is 0 Å². The molecule has 0 spiro atoms. The number of rotatable bonds is 7. The Kier molecular flexibility index (Phi) is 6.48. The standard InChI is InChI=1S/C17H27FN2/c1-20(14-16-8-5-9-17(18)12-16)11-10-19-13-15-6-3-2-4-7-15/h5,8-9,12,15,19H,2-4,6-7,10-11,13-14H2,1H3. The van der Waals surface area contributed by atoms with E-state index in [0.29, 0.717) is 0 Å². The predicted octanol–water partition coefficient (Wildman–Crippen LogP) is 3.43. The minimum absolute atomic E-state index is 0.147. The molecule has 1 aliphatic rings. The summed E-state index contributed by atoms with van der Waals surface area (Å²) in [4.78, 5) is 2.24. The summed E-state index contributed by atoms with van der Waals surface area (Å²) in [5.74, 6) is 0.739. The molecule has 1 aromatic rings. The average molecular weight is 278 g/mol. The highest BCUT2D eigenvalue weighted by Crippen LogP contribution is 2.22. The Balaban J connectivity index is 1.59. The molecule has 0 radical (unpaired) electrons. The molecule has 0 aromatic heterocycles. The third-order valence-electron chi connectivity index (χ3n) is 4.17. The lowest BCUT2D eigenvalue weighted by molar-refractivity contribution is 0.304. The molecule has 1 aromatic carbocycles. The number of hydrogen-bond donors (Lipinski definition) is 1. The molecule has 2 rings (SSSR count). The molecule has 0 saturated heterocycles. The van der Waals surface area contributed by atoms with Crippen molar-refractivity contribution in [1.82, 2.24) is 10.2 Å². The Morgan fingerprint density at radius 2 is 2.05 bits per heavy atom. The highest BCUT2D eigenvalue weighted by atomic mass is 19.1. The SMILES string of the molecule is CN(CCNCC1CCCCC1)Cc1cccc(F)c1. The van der Waals surface area contributed by atoms with Gasteiger partial charge in [0.05, 0.1) is 0 Å². The maximum absolute atomic E-state index is 13.1. The van der Waals surface area contributed by atoms with Gasteiger partial charge in [-0.15, -0.1) is 0 Å². The van der Waals surface area contributed by atoms with E-state index in [9.17, 15) is 4.39 Å².